The normalized spacial score (nSPS) is 14.3. The Morgan fingerprint density at radius 3 is 2.26 bits per heavy atom. The molecule has 3 aromatic carbocycles. The van der Waals surface area contributed by atoms with E-state index in [1.807, 2.05) is 19.9 Å². The number of hydrogen-bond donors (Lipinski definition) is 1. The SMILES string of the molecule is Cc1ccc(C(=O)Oc2ccc3c(=O)c(Oc4cc(C)cc(C)c4C)c(C(F)(F)F)oc3c2C[NH+]2CCCCC2)cc1. The van der Waals surface area contributed by atoms with Crippen LogP contribution in [0.2, 0.25) is 0 Å². The van der Waals surface area contributed by atoms with Gasteiger partial charge in [0.25, 0.3) is 5.76 Å². The minimum absolute atomic E-state index is 0.0567. The van der Waals surface area contributed by atoms with Crippen molar-refractivity contribution in [3.8, 4) is 17.2 Å². The first-order valence-electron chi connectivity index (χ1n) is 14.0. The fourth-order valence-electron chi connectivity index (χ4n) is 5.37. The Labute approximate surface area is 241 Å². The first-order chi connectivity index (χ1) is 19.9. The van der Waals surface area contributed by atoms with Crippen LogP contribution in [0.5, 0.6) is 17.2 Å². The van der Waals surface area contributed by atoms with Crippen LogP contribution in [0.25, 0.3) is 11.0 Å². The Balaban J connectivity index is 1.68. The van der Waals surface area contributed by atoms with E-state index in [-0.39, 0.29) is 34.6 Å². The van der Waals surface area contributed by atoms with Gasteiger partial charge >= 0.3 is 12.1 Å². The fraction of sp³-hybridized carbons (Fsp3) is 0.333. The lowest BCUT2D eigenvalue weighted by atomic mass is 10.0. The van der Waals surface area contributed by atoms with Crippen LogP contribution in [-0.2, 0) is 12.7 Å². The van der Waals surface area contributed by atoms with E-state index in [1.165, 1.54) is 12.1 Å². The maximum Gasteiger partial charge on any atom is 0.453 e. The molecule has 0 unspecified atom stereocenters. The molecule has 4 aromatic rings. The van der Waals surface area contributed by atoms with E-state index in [0.29, 0.717) is 11.1 Å². The predicted molar refractivity (Wildman–Crippen MR) is 153 cm³/mol. The van der Waals surface area contributed by atoms with Crippen molar-refractivity contribution >= 4 is 16.9 Å². The van der Waals surface area contributed by atoms with Crippen LogP contribution in [-0.4, -0.2) is 19.1 Å². The van der Waals surface area contributed by atoms with Gasteiger partial charge in [0.2, 0.25) is 11.2 Å². The molecule has 0 spiro atoms. The van der Waals surface area contributed by atoms with Gasteiger partial charge in [0.05, 0.1) is 29.6 Å². The second-order valence-electron chi connectivity index (χ2n) is 11.1. The summed E-state index contributed by atoms with van der Waals surface area (Å²) < 4.78 is 60.4. The van der Waals surface area contributed by atoms with Gasteiger partial charge in [-0.05, 0) is 94.0 Å². The summed E-state index contributed by atoms with van der Waals surface area (Å²) >= 11 is 0. The molecule has 0 bridgehead atoms. The topological polar surface area (TPSA) is 70.2 Å². The highest BCUT2D eigenvalue weighted by molar-refractivity contribution is 5.92. The minimum atomic E-state index is -5.03. The van der Waals surface area contributed by atoms with Crippen LogP contribution >= 0.6 is 0 Å². The van der Waals surface area contributed by atoms with Gasteiger partial charge in [0.15, 0.2) is 5.58 Å². The lowest BCUT2D eigenvalue weighted by Gasteiger charge is -2.25. The maximum absolute atomic E-state index is 14.5. The molecule has 0 saturated carbocycles. The molecule has 0 atom stereocenters. The van der Waals surface area contributed by atoms with Crippen LogP contribution in [0.3, 0.4) is 0 Å². The van der Waals surface area contributed by atoms with Gasteiger partial charge in [-0.25, -0.2) is 4.79 Å². The largest absolute Gasteiger partial charge is 0.453 e. The van der Waals surface area contributed by atoms with Gasteiger partial charge in [-0.2, -0.15) is 13.2 Å². The Hall–Kier alpha value is -4.11. The molecule has 1 saturated heterocycles. The lowest BCUT2D eigenvalue weighted by molar-refractivity contribution is -0.918. The number of esters is 1. The summed E-state index contributed by atoms with van der Waals surface area (Å²) in [4.78, 5) is 27.8. The average Bonchev–Trinajstić information content (AvgIpc) is 2.94. The van der Waals surface area contributed by atoms with Crippen molar-refractivity contribution in [2.45, 2.75) is 59.7 Å². The van der Waals surface area contributed by atoms with E-state index in [2.05, 4.69) is 0 Å². The molecule has 0 aliphatic carbocycles. The second-order valence-corrected chi connectivity index (χ2v) is 11.1. The number of carbonyl (C=O) groups is 1. The van der Waals surface area contributed by atoms with Gasteiger partial charge in [0, 0.05) is 0 Å². The number of halogens is 3. The number of hydrogen-bond acceptors (Lipinski definition) is 5. The number of likely N-dealkylation sites (tertiary alicyclic amines) is 1. The molecule has 1 aliphatic heterocycles. The number of alkyl halides is 3. The zero-order chi connectivity index (χ0) is 30.2. The van der Waals surface area contributed by atoms with Gasteiger partial charge in [0.1, 0.15) is 18.0 Å². The Morgan fingerprint density at radius 2 is 1.60 bits per heavy atom. The number of ether oxygens (including phenoxy) is 2. The number of fused-ring (bicyclic) bond motifs is 1. The molecule has 1 aliphatic rings. The fourth-order valence-corrected chi connectivity index (χ4v) is 5.37. The molecule has 0 amide bonds. The molecule has 1 aromatic heterocycles. The molecular weight excluding hydrogens is 547 g/mol. The highest BCUT2D eigenvalue weighted by Gasteiger charge is 2.41. The average molecular weight is 581 g/mol. The van der Waals surface area contributed by atoms with Crippen molar-refractivity contribution in [2.24, 2.45) is 0 Å². The number of nitrogens with one attached hydrogen (secondary N) is 1. The highest BCUT2D eigenvalue weighted by atomic mass is 19.4. The quantitative estimate of drug-likeness (QED) is 0.205. The summed E-state index contributed by atoms with van der Waals surface area (Å²) in [5, 5.41) is -0.0819. The van der Waals surface area contributed by atoms with Crippen molar-refractivity contribution < 1.29 is 36.8 Å². The van der Waals surface area contributed by atoms with Crippen molar-refractivity contribution in [3.63, 3.8) is 0 Å². The molecule has 1 fully saturated rings. The molecule has 0 radical (unpaired) electrons. The molecule has 220 valence electrons. The molecule has 1 N–H and O–H groups in total. The van der Waals surface area contributed by atoms with Crippen molar-refractivity contribution in [3.05, 3.63) is 97.9 Å². The van der Waals surface area contributed by atoms with Gasteiger partial charge in [-0.1, -0.05) is 23.8 Å². The predicted octanol–water partition coefficient (Wildman–Crippen LogP) is 6.63. The Bertz CT molecular complexity index is 1700. The summed E-state index contributed by atoms with van der Waals surface area (Å²) in [5.74, 6) is -2.92. The third-order valence-corrected chi connectivity index (χ3v) is 7.79. The molecular formula is C33H33F3NO5+. The zero-order valence-corrected chi connectivity index (χ0v) is 24.0. The van der Waals surface area contributed by atoms with E-state index in [9.17, 15) is 22.8 Å². The van der Waals surface area contributed by atoms with Gasteiger partial charge < -0.3 is 18.8 Å². The summed E-state index contributed by atoms with van der Waals surface area (Å²) in [6, 6.07) is 13.0. The summed E-state index contributed by atoms with van der Waals surface area (Å²) in [7, 11) is 0. The Kier molecular flexibility index (Phi) is 8.14. The Morgan fingerprint density at radius 1 is 0.905 bits per heavy atom. The van der Waals surface area contributed by atoms with Crippen molar-refractivity contribution in [2.75, 3.05) is 13.1 Å². The minimum Gasteiger partial charge on any atom is -0.449 e. The first-order valence-corrected chi connectivity index (χ1v) is 14.0. The van der Waals surface area contributed by atoms with Gasteiger partial charge in [-0.15, -0.1) is 0 Å². The van der Waals surface area contributed by atoms with Crippen LogP contribution < -0.4 is 19.8 Å². The van der Waals surface area contributed by atoms with E-state index in [4.69, 9.17) is 13.9 Å². The molecule has 42 heavy (non-hydrogen) atoms. The summed E-state index contributed by atoms with van der Waals surface area (Å²) in [6.45, 7) is 9.03. The second kappa shape index (κ2) is 11.6. The van der Waals surface area contributed by atoms with Gasteiger partial charge in [-0.3, -0.25) is 4.79 Å². The zero-order valence-electron chi connectivity index (χ0n) is 24.0. The van der Waals surface area contributed by atoms with E-state index in [1.54, 1.807) is 44.2 Å². The molecule has 9 heteroatoms. The lowest BCUT2D eigenvalue weighted by Crippen LogP contribution is -3.11. The van der Waals surface area contributed by atoms with E-state index >= 15 is 0 Å². The van der Waals surface area contributed by atoms with Crippen LogP contribution in [0, 0.1) is 27.7 Å². The monoisotopic (exact) mass is 580 g/mol. The van der Waals surface area contributed by atoms with Crippen LogP contribution in [0.4, 0.5) is 13.2 Å². The van der Waals surface area contributed by atoms with Crippen molar-refractivity contribution in [1.29, 1.82) is 0 Å². The van der Waals surface area contributed by atoms with Crippen LogP contribution in [0.1, 0.15) is 63.2 Å². The number of rotatable bonds is 6. The van der Waals surface area contributed by atoms with Crippen LogP contribution in [0.15, 0.2) is 57.7 Å². The number of benzene rings is 3. The number of piperidine rings is 1. The van der Waals surface area contributed by atoms with E-state index in [0.717, 1.165) is 53.9 Å². The van der Waals surface area contributed by atoms with E-state index < -0.39 is 29.1 Å². The molecule has 5 rings (SSSR count). The number of aryl methyl sites for hydroxylation is 3. The third kappa shape index (κ3) is 6.06. The highest BCUT2D eigenvalue weighted by Crippen LogP contribution is 2.41. The third-order valence-electron chi connectivity index (χ3n) is 7.79. The summed E-state index contributed by atoms with van der Waals surface area (Å²) in [6.07, 6.45) is -2.04. The van der Waals surface area contributed by atoms with Crippen molar-refractivity contribution in [1.82, 2.24) is 0 Å². The maximum atomic E-state index is 14.5. The standard InChI is InChI=1S/C33H32F3NO5/c1-19-8-10-23(11-9-19)32(39)41-26-13-12-24-28(38)30(40-27-17-20(2)16-21(3)22(27)4)31(33(34,35)36)42-29(24)25(26)18-37-14-6-5-7-15-37/h8-13,16-17H,5-7,14-15,18H2,1-4H3/p+1. The summed E-state index contributed by atoms with van der Waals surface area (Å²) in [5.41, 5.74) is 2.48. The first kappa shape index (κ1) is 29.4. The molecule has 2 heterocycles. The number of quaternary nitrogens is 1. The molecule has 6 nitrogen and oxygen atoms in total. The smallest absolute Gasteiger partial charge is 0.449 e. The number of carbonyl (C=O) groups excluding carboxylic acids is 1.